The molecule has 1 amide bonds. The molecule has 0 radical (unpaired) electrons. The standard InChI is InChI=1S/C17H14ClN3O3S/c1-23-14-4-2-3-11(9-14)16-20-17(25-21-16)19-15(22)10-24-13-7-5-12(18)6-8-13/h2-9H,10H2,1H3,(H,19,20,21,22). The van der Waals surface area contributed by atoms with Crippen LogP contribution in [0.3, 0.4) is 0 Å². The van der Waals surface area contributed by atoms with Gasteiger partial charge in [-0.15, -0.1) is 0 Å². The van der Waals surface area contributed by atoms with Crippen molar-refractivity contribution in [2.24, 2.45) is 0 Å². The minimum atomic E-state index is -0.316. The van der Waals surface area contributed by atoms with Gasteiger partial charge in [0.25, 0.3) is 5.91 Å². The van der Waals surface area contributed by atoms with Gasteiger partial charge in [-0.3, -0.25) is 10.1 Å². The van der Waals surface area contributed by atoms with Gasteiger partial charge >= 0.3 is 0 Å². The van der Waals surface area contributed by atoms with Gasteiger partial charge in [-0.05, 0) is 36.4 Å². The molecular weight excluding hydrogens is 362 g/mol. The molecule has 0 spiro atoms. The van der Waals surface area contributed by atoms with E-state index < -0.39 is 0 Å². The van der Waals surface area contributed by atoms with E-state index in [0.29, 0.717) is 27.5 Å². The number of rotatable bonds is 6. The van der Waals surface area contributed by atoms with Crippen LogP contribution in [0, 0.1) is 0 Å². The maximum Gasteiger partial charge on any atom is 0.264 e. The summed E-state index contributed by atoms with van der Waals surface area (Å²) in [7, 11) is 1.60. The monoisotopic (exact) mass is 375 g/mol. The summed E-state index contributed by atoms with van der Waals surface area (Å²) in [4.78, 5) is 16.3. The number of aromatic nitrogens is 2. The number of nitrogens with zero attached hydrogens (tertiary/aromatic N) is 2. The Hall–Kier alpha value is -2.64. The van der Waals surface area contributed by atoms with Crippen LogP contribution >= 0.6 is 23.1 Å². The zero-order chi connectivity index (χ0) is 17.6. The molecule has 8 heteroatoms. The molecule has 3 aromatic rings. The van der Waals surface area contributed by atoms with E-state index in [1.165, 1.54) is 0 Å². The number of carbonyl (C=O) groups excluding carboxylic acids is 1. The highest BCUT2D eigenvalue weighted by atomic mass is 35.5. The molecule has 0 aliphatic rings. The van der Waals surface area contributed by atoms with E-state index in [9.17, 15) is 4.79 Å². The van der Waals surface area contributed by atoms with Crippen molar-refractivity contribution in [3.05, 3.63) is 53.6 Å². The van der Waals surface area contributed by atoms with Crippen molar-refractivity contribution >= 4 is 34.2 Å². The van der Waals surface area contributed by atoms with Crippen molar-refractivity contribution in [1.82, 2.24) is 9.36 Å². The second-order valence-corrected chi connectivity index (χ2v) is 6.13. The molecule has 0 atom stereocenters. The Kier molecular flexibility index (Phi) is 5.47. The number of anilines is 1. The normalized spacial score (nSPS) is 10.3. The van der Waals surface area contributed by atoms with E-state index in [0.717, 1.165) is 17.1 Å². The van der Waals surface area contributed by atoms with Crippen molar-refractivity contribution in [3.63, 3.8) is 0 Å². The van der Waals surface area contributed by atoms with Gasteiger partial charge in [0.2, 0.25) is 5.13 Å². The average molecular weight is 376 g/mol. The fraction of sp³-hybridized carbons (Fsp3) is 0.118. The van der Waals surface area contributed by atoms with E-state index >= 15 is 0 Å². The Labute approximate surface area is 153 Å². The Balaban J connectivity index is 1.58. The number of hydrogen-bond donors (Lipinski definition) is 1. The summed E-state index contributed by atoms with van der Waals surface area (Å²) in [5.74, 6) is 1.49. The first-order valence-corrected chi connectivity index (χ1v) is 8.45. The van der Waals surface area contributed by atoms with Crippen molar-refractivity contribution in [1.29, 1.82) is 0 Å². The van der Waals surface area contributed by atoms with Gasteiger partial charge < -0.3 is 9.47 Å². The highest BCUT2D eigenvalue weighted by Gasteiger charge is 2.11. The Bertz CT molecular complexity index is 868. The number of methoxy groups -OCH3 is 1. The van der Waals surface area contributed by atoms with E-state index in [4.69, 9.17) is 21.1 Å². The zero-order valence-corrected chi connectivity index (χ0v) is 14.8. The lowest BCUT2D eigenvalue weighted by Crippen LogP contribution is -2.20. The molecule has 0 bridgehead atoms. The van der Waals surface area contributed by atoms with Crippen LogP contribution in [0.5, 0.6) is 11.5 Å². The third kappa shape index (κ3) is 4.68. The molecule has 1 heterocycles. The van der Waals surface area contributed by atoms with E-state index in [1.807, 2.05) is 24.3 Å². The summed E-state index contributed by atoms with van der Waals surface area (Å²) in [6.45, 7) is -0.129. The number of ether oxygens (including phenoxy) is 2. The van der Waals surface area contributed by atoms with Gasteiger partial charge in [-0.25, -0.2) is 0 Å². The predicted octanol–water partition coefficient (Wildman–Crippen LogP) is 3.88. The van der Waals surface area contributed by atoms with E-state index in [2.05, 4.69) is 14.7 Å². The lowest BCUT2D eigenvalue weighted by atomic mass is 10.2. The molecule has 3 rings (SSSR count). The largest absolute Gasteiger partial charge is 0.497 e. The van der Waals surface area contributed by atoms with Crippen molar-refractivity contribution in [2.45, 2.75) is 0 Å². The van der Waals surface area contributed by atoms with Gasteiger partial charge in [-0.1, -0.05) is 23.7 Å². The first kappa shape index (κ1) is 17.2. The van der Waals surface area contributed by atoms with Gasteiger partial charge in [0.05, 0.1) is 7.11 Å². The van der Waals surface area contributed by atoms with Crippen LogP contribution in [0.15, 0.2) is 48.5 Å². The molecule has 2 aromatic carbocycles. The van der Waals surface area contributed by atoms with Crippen LogP contribution in [0.25, 0.3) is 11.4 Å². The minimum Gasteiger partial charge on any atom is -0.497 e. The third-order valence-electron chi connectivity index (χ3n) is 3.18. The summed E-state index contributed by atoms with van der Waals surface area (Å²) in [6, 6.07) is 14.2. The van der Waals surface area contributed by atoms with Gasteiger partial charge in [-0.2, -0.15) is 9.36 Å². The first-order valence-electron chi connectivity index (χ1n) is 7.30. The molecule has 25 heavy (non-hydrogen) atoms. The van der Waals surface area contributed by atoms with Crippen LogP contribution < -0.4 is 14.8 Å². The predicted molar refractivity (Wildman–Crippen MR) is 97.5 cm³/mol. The van der Waals surface area contributed by atoms with Gasteiger partial charge in [0.15, 0.2) is 12.4 Å². The number of halogens is 1. The van der Waals surface area contributed by atoms with Crippen LogP contribution in [0.2, 0.25) is 5.02 Å². The average Bonchev–Trinajstić information content (AvgIpc) is 3.10. The summed E-state index contributed by atoms with van der Waals surface area (Å²) < 4.78 is 14.8. The fourth-order valence-electron chi connectivity index (χ4n) is 1.99. The summed E-state index contributed by atoms with van der Waals surface area (Å²) in [5, 5.41) is 3.68. The highest BCUT2D eigenvalue weighted by molar-refractivity contribution is 7.10. The number of benzene rings is 2. The smallest absolute Gasteiger partial charge is 0.264 e. The Morgan fingerprint density at radius 3 is 2.76 bits per heavy atom. The summed E-state index contributed by atoms with van der Waals surface area (Å²) >= 11 is 6.90. The number of carbonyl (C=O) groups is 1. The molecule has 0 saturated heterocycles. The second kappa shape index (κ2) is 7.96. The van der Waals surface area contributed by atoms with E-state index in [1.54, 1.807) is 31.4 Å². The van der Waals surface area contributed by atoms with Crippen molar-refractivity contribution in [3.8, 4) is 22.9 Å². The number of amides is 1. The molecular formula is C17H14ClN3O3S. The number of nitrogens with one attached hydrogen (secondary N) is 1. The lowest BCUT2D eigenvalue weighted by molar-refractivity contribution is -0.118. The van der Waals surface area contributed by atoms with Crippen LogP contribution in [0.1, 0.15) is 0 Å². The van der Waals surface area contributed by atoms with Gasteiger partial charge in [0.1, 0.15) is 11.5 Å². The molecule has 0 aliphatic carbocycles. The molecule has 128 valence electrons. The lowest BCUT2D eigenvalue weighted by Gasteiger charge is -2.05. The maximum atomic E-state index is 12.0. The van der Waals surface area contributed by atoms with Crippen LogP contribution in [-0.2, 0) is 4.79 Å². The number of hydrogen-bond acceptors (Lipinski definition) is 6. The molecule has 0 saturated carbocycles. The topological polar surface area (TPSA) is 73.3 Å². The fourth-order valence-corrected chi connectivity index (χ4v) is 2.72. The molecule has 1 aromatic heterocycles. The second-order valence-electron chi connectivity index (χ2n) is 4.95. The molecule has 0 fully saturated rings. The quantitative estimate of drug-likeness (QED) is 0.707. The molecule has 6 nitrogen and oxygen atoms in total. The van der Waals surface area contributed by atoms with Crippen molar-refractivity contribution in [2.75, 3.05) is 19.0 Å². The minimum absolute atomic E-state index is 0.129. The van der Waals surface area contributed by atoms with Gasteiger partial charge in [0, 0.05) is 22.1 Å². The summed E-state index contributed by atoms with van der Waals surface area (Å²) in [6.07, 6.45) is 0. The molecule has 0 unspecified atom stereocenters. The maximum absolute atomic E-state index is 12.0. The third-order valence-corrected chi connectivity index (χ3v) is 4.07. The van der Waals surface area contributed by atoms with Crippen LogP contribution in [-0.4, -0.2) is 29.0 Å². The Morgan fingerprint density at radius 1 is 1.20 bits per heavy atom. The highest BCUT2D eigenvalue weighted by Crippen LogP contribution is 2.24. The van der Waals surface area contributed by atoms with Crippen molar-refractivity contribution < 1.29 is 14.3 Å². The molecule has 1 N–H and O–H groups in total. The summed E-state index contributed by atoms with van der Waals surface area (Å²) in [5.41, 5.74) is 0.813. The molecule has 0 aliphatic heterocycles. The SMILES string of the molecule is COc1cccc(-c2nsc(NC(=O)COc3ccc(Cl)cc3)n2)c1. The Morgan fingerprint density at radius 2 is 2.00 bits per heavy atom. The first-order chi connectivity index (χ1) is 12.1. The zero-order valence-electron chi connectivity index (χ0n) is 13.2. The van der Waals surface area contributed by atoms with Crippen LogP contribution in [0.4, 0.5) is 5.13 Å². The van der Waals surface area contributed by atoms with E-state index in [-0.39, 0.29) is 12.5 Å².